The van der Waals surface area contributed by atoms with Crippen molar-refractivity contribution in [1.82, 2.24) is 9.97 Å². The Morgan fingerprint density at radius 1 is 1.36 bits per heavy atom. The van der Waals surface area contributed by atoms with Crippen molar-refractivity contribution in [2.24, 2.45) is 5.16 Å². The highest BCUT2D eigenvalue weighted by molar-refractivity contribution is 7.98. The van der Waals surface area contributed by atoms with Crippen molar-refractivity contribution in [3.8, 4) is 5.88 Å². The van der Waals surface area contributed by atoms with Crippen LogP contribution in [-0.2, 0) is 19.1 Å². The molecular formula is C19H23N3O5S. The van der Waals surface area contributed by atoms with Gasteiger partial charge in [0.1, 0.15) is 29.3 Å². The molecule has 9 heteroatoms. The summed E-state index contributed by atoms with van der Waals surface area (Å²) in [5.41, 5.74) is 1.30. The summed E-state index contributed by atoms with van der Waals surface area (Å²) in [6.07, 6.45) is 11.3. The molecule has 0 aromatic carbocycles. The average Bonchev–Trinajstić information content (AvgIpc) is 2.72. The monoisotopic (exact) mass is 405 g/mol. The van der Waals surface area contributed by atoms with E-state index in [1.165, 1.54) is 38.6 Å². The first-order valence-corrected chi connectivity index (χ1v) is 9.81. The number of ether oxygens (including phenoxy) is 3. The van der Waals surface area contributed by atoms with Crippen molar-refractivity contribution in [2.45, 2.75) is 24.8 Å². The normalized spacial score (nSPS) is 15.2. The van der Waals surface area contributed by atoms with Crippen LogP contribution < -0.4 is 4.74 Å². The summed E-state index contributed by atoms with van der Waals surface area (Å²) >= 11 is 1.36. The van der Waals surface area contributed by atoms with Crippen LogP contribution in [0.5, 0.6) is 5.88 Å². The molecule has 0 N–H and O–H groups in total. The van der Waals surface area contributed by atoms with E-state index in [1.807, 2.05) is 25.3 Å². The van der Waals surface area contributed by atoms with E-state index < -0.39 is 5.97 Å². The number of methoxy groups -OCH3 is 2. The van der Waals surface area contributed by atoms with Gasteiger partial charge < -0.3 is 19.0 Å². The Morgan fingerprint density at radius 3 is 2.86 bits per heavy atom. The van der Waals surface area contributed by atoms with Gasteiger partial charge in [0.25, 0.3) is 0 Å². The van der Waals surface area contributed by atoms with Crippen LogP contribution in [0, 0.1) is 0 Å². The first kappa shape index (κ1) is 21.5. The Hall–Kier alpha value is -2.81. The number of esters is 1. The van der Waals surface area contributed by atoms with E-state index in [0.717, 1.165) is 12.1 Å². The number of rotatable bonds is 9. The lowest BCUT2D eigenvalue weighted by atomic mass is 10.1. The second-order valence-corrected chi connectivity index (χ2v) is 6.30. The number of carbonyl (C=O) groups is 1. The smallest absolute Gasteiger partial charge is 0.341 e. The molecule has 0 amide bonds. The van der Waals surface area contributed by atoms with Gasteiger partial charge in [-0.05, 0) is 24.8 Å². The van der Waals surface area contributed by atoms with Crippen molar-refractivity contribution in [3.05, 3.63) is 42.1 Å². The Labute approximate surface area is 168 Å². The molecule has 0 saturated carbocycles. The summed E-state index contributed by atoms with van der Waals surface area (Å²) < 4.78 is 15.9. The number of oxime groups is 1. The molecule has 0 saturated heterocycles. The van der Waals surface area contributed by atoms with Gasteiger partial charge in [0.2, 0.25) is 5.88 Å². The fourth-order valence-electron chi connectivity index (χ4n) is 2.29. The van der Waals surface area contributed by atoms with Gasteiger partial charge in [-0.15, -0.1) is 11.8 Å². The van der Waals surface area contributed by atoms with Crippen molar-refractivity contribution in [1.29, 1.82) is 0 Å². The van der Waals surface area contributed by atoms with Gasteiger partial charge >= 0.3 is 5.97 Å². The molecule has 0 radical (unpaired) electrons. The Balaban J connectivity index is 2.35. The maximum atomic E-state index is 12.3. The van der Waals surface area contributed by atoms with E-state index in [1.54, 1.807) is 6.08 Å². The molecular weight excluding hydrogens is 382 g/mol. The molecule has 1 heterocycles. The first-order chi connectivity index (χ1) is 13.6. The third-order valence-corrected chi connectivity index (χ3v) is 4.21. The molecule has 2 rings (SSSR count). The zero-order valence-electron chi connectivity index (χ0n) is 16.3. The van der Waals surface area contributed by atoms with Crippen LogP contribution in [0.15, 0.2) is 46.8 Å². The summed E-state index contributed by atoms with van der Waals surface area (Å²) in [4.78, 5) is 25.9. The highest BCUT2D eigenvalue weighted by atomic mass is 32.2. The lowest BCUT2D eigenvalue weighted by Crippen LogP contribution is -2.12. The van der Waals surface area contributed by atoms with Crippen LogP contribution in [0.3, 0.4) is 0 Å². The minimum absolute atomic E-state index is 0.164. The molecule has 28 heavy (non-hydrogen) atoms. The molecule has 8 nitrogen and oxygen atoms in total. The van der Waals surface area contributed by atoms with E-state index in [-0.39, 0.29) is 11.5 Å². The number of allylic oxidation sites excluding steroid dienone is 4. The number of nitrogens with zero attached hydrogens (tertiary/aromatic N) is 3. The fraction of sp³-hybridized carbons (Fsp3) is 0.368. The predicted octanol–water partition coefficient (Wildman–Crippen LogP) is 3.36. The Bertz CT molecular complexity index is 818. The van der Waals surface area contributed by atoms with Gasteiger partial charge in [0.05, 0.1) is 38.2 Å². The predicted molar refractivity (Wildman–Crippen MR) is 107 cm³/mol. The lowest BCUT2D eigenvalue weighted by molar-refractivity contribution is -0.133. The number of carbonyl (C=O) groups excluding carboxylic acids is 1. The van der Waals surface area contributed by atoms with Gasteiger partial charge in [-0.2, -0.15) is 0 Å². The zero-order valence-corrected chi connectivity index (χ0v) is 17.1. The standard InChI is InChI=1S/C19H23N3O5S/c1-5-9-26-22-13-7-6-8-14(10-13)27-17-16(18(28-4)21-12-20-17)15(11-24-2)19(23)25-3/h6-8,11-12H,5,9-10H2,1-4H3. The van der Waals surface area contributed by atoms with Gasteiger partial charge in [-0.25, -0.2) is 14.8 Å². The van der Waals surface area contributed by atoms with Crippen molar-refractivity contribution >= 4 is 29.0 Å². The summed E-state index contributed by atoms with van der Waals surface area (Å²) in [7, 11) is 2.74. The zero-order chi connectivity index (χ0) is 20.4. The molecule has 1 aliphatic carbocycles. The van der Waals surface area contributed by atoms with E-state index in [9.17, 15) is 4.79 Å². The molecule has 0 aliphatic heterocycles. The molecule has 0 fully saturated rings. The minimum atomic E-state index is -0.579. The highest BCUT2D eigenvalue weighted by Crippen LogP contribution is 2.33. The van der Waals surface area contributed by atoms with Crippen LogP contribution in [0.25, 0.3) is 5.57 Å². The minimum Gasteiger partial charge on any atom is -0.503 e. The quantitative estimate of drug-likeness (QED) is 0.117. The van der Waals surface area contributed by atoms with Crippen molar-refractivity contribution in [2.75, 3.05) is 27.1 Å². The summed E-state index contributed by atoms with van der Waals surface area (Å²) in [6.45, 7) is 2.56. The van der Waals surface area contributed by atoms with E-state index in [4.69, 9.17) is 19.0 Å². The molecule has 0 atom stereocenters. The average molecular weight is 405 g/mol. The van der Waals surface area contributed by atoms with Crippen LogP contribution in [0.2, 0.25) is 0 Å². The number of thioether (sulfide) groups is 1. The summed E-state index contributed by atoms with van der Waals surface area (Å²) in [5, 5.41) is 4.65. The molecule has 0 bridgehead atoms. The van der Waals surface area contributed by atoms with Gasteiger partial charge in [-0.1, -0.05) is 18.2 Å². The third-order valence-electron chi connectivity index (χ3n) is 3.51. The number of hydrogen-bond acceptors (Lipinski definition) is 9. The lowest BCUT2D eigenvalue weighted by Gasteiger charge is -2.16. The number of hydrogen-bond donors (Lipinski definition) is 0. The molecule has 0 unspecified atom stereocenters. The fourth-order valence-corrected chi connectivity index (χ4v) is 2.85. The molecule has 1 aromatic rings. The molecule has 1 aromatic heterocycles. The van der Waals surface area contributed by atoms with Crippen LogP contribution in [0.4, 0.5) is 0 Å². The topological polar surface area (TPSA) is 92.1 Å². The second kappa shape index (κ2) is 11.1. The van der Waals surface area contributed by atoms with E-state index >= 15 is 0 Å². The van der Waals surface area contributed by atoms with Crippen LogP contribution in [-0.4, -0.2) is 48.7 Å². The van der Waals surface area contributed by atoms with Gasteiger partial charge in [0.15, 0.2) is 0 Å². The number of aromatic nitrogens is 2. The highest BCUT2D eigenvalue weighted by Gasteiger charge is 2.25. The van der Waals surface area contributed by atoms with Crippen molar-refractivity contribution in [3.63, 3.8) is 0 Å². The SMILES string of the molecule is CCCON=C1C=CC=C(Oc2ncnc(SC)c2C(=COC)C(=O)OC)C1. The van der Waals surface area contributed by atoms with Crippen LogP contribution in [0.1, 0.15) is 25.3 Å². The maximum absolute atomic E-state index is 12.3. The van der Waals surface area contributed by atoms with Crippen LogP contribution >= 0.6 is 11.8 Å². The second-order valence-electron chi connectivity index (χ2n) is 5.51. The summed E-state index contributed by atoms with van der Waals surface area (Å²) in [6, 6.07) is 0. The van der Waals surface area contributed by atoms with Gasteiger partial charge in [0, 0.05) is 0 Å². The Kier molecular flexibility index (Phi) is 8.54. The Morgan fingerprint density at radius 2 is 2.18 bits per heavy atom. The molecule has 150 valence electrons. The molecule has 0 spiro atoms. The largest absolute Gasteiger partial charge is 0.503 e. The van der Waals surface area contributed by atoms with Crippen molar-refractivity contribution < 1.29 is 23.8 Å². The molecule has 1 aliphatic rings. The van der Waals surface area contributed by atoms with E-state index in [0.29, 0.717) is 29.4 Å². The maximum Gasteiger partial charge on any atom is 0.341 e. The first-order valence-electron chi connectivity index (χ1n) is 8.59. The summed E-state index contributed by atoms with van der Waals surface area (Å²) in [5.74, 6) is 0.253. The van der Waals surface area contributed by atoms with Gasteiger partial charge in [-0.3, -0.25) is 0 Å². The third kappa shape index (κ3) is 5.59. The van der Waals surface area contributed by atoms with E-state index in [2.05, 4.69) is 15.1 Å².